The van der Waals surface area contributed by atoms with Crippen LogP contribution in [0.1, 0.15) is 16.1 Å². The van der Waals surface area contributed by atoms with Crippen molar-refractivity contribution >= 4 is 33.5 Å². The summed E-state index contributed by atoms with van der Waals surface area (Å²) in [7, 11) is 0. The van der Waals surface area contributed by atoms with Crippen molar-refractivity contribution in [2.24, 2.45) is 0 Å². The van der Waals surface area contributed by atoms with E-state index in [-0.39, 0.29) is 17.2 Å². The van der Waals surface area contributed by atoms with Crippen LogP contribution >= 0.6 is 15.9 Å². The number of anilines is 2. The first-order chi connectivity index (χ1) is 9.10. The molecule has 0 aliphatic rings. The van der Waals surface area contributed by atoms with Gasteiger partial charge in [0.1, 0.15) is 11.8 Å². The summed E-state index contributed by atoms with van der Waals surface area (Å²) < 4.78 is 0.484. The third-order valence-corrected chi connectivity index (χ3v) is 2.91. The predicted molar refractivity (Wildman–Crippen MR) is 71.1 cm³/mol. The van der Waals surface area contributed by atoms with Gasteiger partial charge in [-0.25, -0.2) is 14.8 Å². The third kappa shape index (κ3) is 3.05. The summed E-state index contributed by atoms with van der Waals surface area (Å²) in [5.41, 5.74) is 0.880. The number of nitrogens with zero attached hydrogens (tertiary/aromatic N) is 3. The molecule has 0 fully saturated rings. The van der Waals surface area contributed by atoms with Gasteiger partial charge < -0.3 is 10.4 Å². The van der Waals surface area contributed by atoms with Crippen LogP contribution in [-0.4, -0.2) is 21.0 Å². The van der Waals surface area contributed by atoms with Crippen LogP contribution in [0.15, 0.2) is 34.9 Å². The Morgan fingerprint density at radius 2 is 2.21 bits per heavy atom. The lowest BCUT2D eigenvalue weighted by Gasteiger charge is -2.06. The van der Waals surface area contributed by atoms with E-state index in [0.717, 1.165) is 0 Å². The molecule has 0 radical (unpaired) electrons. The summed E-state index contributed by atoms with van der Waals surface area (Å²) in [5.74, 6) is -0.806. The zero-order valence-electron chi connectivity index (χ0n) is 9.46. The maximum absolute atomic E-state index is 11.0. The summed E-state index contributed by atoms with van der Waals surface area (Å²) in [6.07, 6.45) is 1.45. The Morgan fingerprint density at radius 3 is 2.89 bits per heavy atom. The highest BCUT2D eigenvalue weighted by Gasteiger charge is 2.09. The van der Waals surface area contributed by atoms with Gasteiger partial charge in [-0.1, -0.05) is 0 Å². The molecule has 0 bridgehead atoms. The van der Waals surface area contributed by atoms with E-state index in [1.54, 1.807) is 12.1 Å². The lowest BCUT2D eigenvalue weighted by molar-refractivity contribution is 0.0696. The molecule has 94 valence electrons. The molecule has 2 N–H and O–H groups in total. The molecule has 1 heterocycles. The molecule has 0 atom stereocenters. The van der Waals surface area contributed by atoms with Crippen LogP contribution in [0.4, 0.5) is 11.6 Å². The minimum atomic E-state index is -1.04. The number of carboxylic acid groups (broad SMARTS) is 1. The van der Waals surface area contributed by atoms with Crippen molar-refractivity contribution in [3.8, 4) is 6.07 Å². The molecule has 0 spiro atoms. The Kier molecular flexibility index (Phi) is 3.73. The Morgan fingerprint density at radius 1 is 1.42 bits per heavy atom. The van der Waals surface area contributed by atoms with E-state index in [9.17, 15) is 4.79 Å². The van der Waals surface area contributed by atoms with Crippen molar-refractivity contribution in [2.75, 3.05) is 5.32 Å². The molecule has 19 heavy (non-hydrogen) atoms. The van der Waals surface area contributed by atoms with Crippen LogP contribution in [0, 0.1) is 11.3 Å². The van der Waals surface area contributed by atoms with Crippen molar-refractivity contribution in [3.63, 3.8) is 0 Å². The molecule has 0 aliphatic heterocycles. The van der Waals surface area contributed by atoms with E-state index in [1.807, 2.05) is 6.07 Å². The minimum Gasteiger partial charge on any atom is -0.478 e. The standard InChI is InChI=1S/C12H7BrN4O2/c13-10-2-1-7(5-9(10)11(18)19)16-12-15-4-3-8(6-14)17-12/h1-5H,(H,18,19)(H,15,16,17). The third-order valence-electron chi connectivity index (χ3n) is 2.22. The molecule has 1 aromatic heterocycles. The van der Waals surface area contributed by atoms with Crippen LogP contribution in [0.25, 0.3) is 0 Å². The normalized spacial score (nSPS) is 9.68. The monoisotopic (exact) mass is 318 g/mol. The number of hydrogen-bond donors (Lipinski definition) is 2. The smallest absolute Gasteiger partial charge is 0.336 e. The van der Waals surface area contributed by atoms with Crippen molar-refractivity contribution in [2.45, 2.75) is 0 Å². The van der Waals surface area contributed by atoms with E-state index in [2.05, 4.69) is 31.2 Å². The summed E-state index contributed by atoms with van der Waals surface area (Å²) in [4.78, 5) is 18.9. The van der Waals surface area contributed by atoms with E-state index in [0.29, 0.717) is 10.2 Å². The number of carboxylic acids is 1. The Hall–Kier alpha value is -2.46. The van der Waals surface area contributed by atoms with Crippen LogP contribution in [0.2, 0.25) is 0 Å². The van der Waals surface area contributed by atoms with Gasteiger partial charge in [0.2, 0.25) is 5.95 Å². The van der Waals surface area contributed by atoms with Crippen molar-refractivity contribution in [1.82, 2.24) is 9.97 Å². The quantitative estimate of drug-likeness (QED) is 0.902. The van der Waals surface area contributed by atoms with Crippen LogP contribution in [0.3, 0.4) is 0 Å². The van der Waals surface area contributed by atoms with Gasteiger partial charge in [0, 0.05) is 16.4 Å². The lowest BCUT2D eigenvalue weighted by Crippen LogP contribution is -2.01. The van der Waals surface area contributed by atoms with Gasteiger partial charge in [0.25, 0.3) is 0 Å². The molecule has 0 aliphatic carbocycles. The molecule has 0 saturated heterocycles. The number of aromatic carboxylic acids is 1. The summed E-state index contributed by atoms with van der Waals surface area (Å²) in [6.45, 7) is 0. The number of nitrogens with one attached hydrogen (secondary N) is 1. The highest BCUT2D eigenvalue weighted by atomic mass is 79.9. The fourth-order valence-electron chi connectivity index (χ4n) is 1.38. The second-order valence-corrected chi connectivity index (χ2v) is 4.36. The molecular weight excluding hydrogens is 312 g/mol. The molecule has 2 aromatic rings. The van der Waals surface area contributed by atoms with Gasteiger partial charge in [0.15, 0.2) is 0 Å². The number of nitriles is 1. The molecule has 2 rings (SSSR count). The van der Waals surface area contributed by atoms with Crippen molar-refractivity contribution < 1.29 is 9.90 Å². The SMILES string of the molecule is N#Cc1ccnc(Nc2ccc(Br)c(C(=O)O)c2)n1. The van der Waals surface area contributed by atoms with Gasteiger partial charge in [-0.05, 0) is 40.2 Å². The average molecular weight is 319 g/mol. The first-order valence-electron chi connectivity index (χ1n) is 5.13. The summed E-state index contributed by atoms with van der Waals surface area (Å²) >= 11 is 3.16. The molecule has 0 amide bonds. The predicted octanol–water partition coefficient (Wildman–Crippen LogP) is 2.55. The molecule has 0 unspecified atom stereocenters. The molecule has 6 nitrogen and oxygen atoms in total. The van der Waals surface area contributed by atoms with E-state index in [1.165, 1.54) is 18.3 Å². The van der Waals surface area contributed by atoms with Crippen LogP contribution in [0.5, 0.6) is 0 Å². The first-order valence-corrected chi connectivity index (χ1v) is 5.92. The van der Waals surface area contributed by atoms with Gasteiger partial charge >= 0.3 is 5.97 Å². The van der Waals surface area contributed by atoms with Gasteiger partial charge in [-0.2, -0.15) is 5.26 Å². The number of aromatic nitrogens is 2. The highest BCUT2D eigenvalue weighted by molar-refractivity contribution is 9.10. The lowest BCUT2D eigenvalue weighted by atomic mass is 10.2. The molecular formula is C12H7BrN4O2. The highest BCUT2D eigenvalue weighted by Crippen LogP contribution is 2.22. The molecule has 7 heteroatoms. The maximum atomic E-state index is 11.0. The van der Waals surface area contributed by atoms with Crippen molar-refractivity contribution in [3.05, 3.63) is 46.2 Å². The topological polar surface area (TPSA) is 98.9 Å². The van der Waals surface area contributed by atoms with Crippen molar-refractivity contribution in [1.29, 1.82) is 5.26 Å². The molecule has 1 aromatic carbocycles. The van der Waals surface area contributed by atoms with E-state index >= 15 is 0 Å². The largest absolute Gasteiger partial charge is 0.478 e. The number of halogens is 1. The first kappa shape index (κ1) is 13.0. The summed E-state index contributed by atoms with van der Waals surface area (Å²) in [6, 6.07) is 8.12. The van der Waals surface area contributed by atoms with Crippen LogP contribution in [-0.2, 0) is 0 Å². The Labute approximate surface area is 116 Å². The fourth-order valence-corrected chi connectivity index (χ4v) is 1.79. The zero-order chi connectivity index (χ0) is 13.8. The van der Waals surface area contributed by atoms with E-state index < -0.39 is 5.97 Å². The van der Waals surface area contributed by atoms with Gasteiger partial charge in [-0.15, -0.1) is 0 Å². The Balaban J connectivity index is 2.31. The minimum absolute atomic E-state index is 0.126. The number of benzene rings is 1. The van der Waals surface area contributed by atoms with Crippen LogP contribution < -0.4 is 5.32 Å². The maximum Gasteiger partial charge on any atom is 0.336 e. The second kappa shape index (κ2) is 5.46. The number of rotatable bonds is 3. The second-order valence-electron chi connectivity index (χ2n) is 3.50. The number of carbonyl (C=O) groups is 1. The fraction of sp³-hybridized carbons (Fsp3) is 0. The number of hydrogen-bond acceptors (Lipinski definition) is 5. The molecule has 0 saturated carbocycles. The van der Waals surface area contributed by atoms with Gasteiger partial charge in [0.05, 0.1) is 5.56 Å². The van der Waals surface area contributed by atoms with Gasteiger partial charge in [-0.3, -0.25) is 0 Å². The zero-order valence-corrected chi connectivity index (χ0v) is 11.0. The Bertz CT molecular complexity index is 682. The average Bonchev–Trinajstić information content (AvgIpc) is 2.41. The summed E-state index contributed by atoms with van der Waals surface area (Å²) in [5, 5.41) is 20.6. The van der Waals surface area contributed by atoms with E-state index in [4.69, 9.17) is 10.4 Å².